The molecule has 0 radical (unpaired) electrons. The smallest absolute Gasteiger partial charge is 0.330 e. The maximum absolute atomic E-state index is 13.8. The molecule has 2 unspecified atom stereocenters. The molecule has 35 heavy (non-hydrogen) atoms. The number of hydrogen-bond donors (Lipinski definition) is 1. The molecule has 0 saturated heterocycles. The van der Waals surface area contributed by atoms with Crippen LogP contribution < -0.4 is 0 Å². The minimum atomic E-state index is -3.33. The maximum Gasteiger partial charge on any atom is 0.330 e. The number of nitrogens with zero attached hydrogens (tertiary/aromatic N) is 3. The molecular weight excluding hydrogens is 466 g/mol. The molecule has 1 aliphatic carbocycles. The fourth-order valence-electron chi connectivity index (χ4n) is 4.79. The number of carbonyl (C=O) groups is 2. The molecule has 0 fully saturated rings. The predicted molar refractivity (Wildman–Crippen MR) is 130 cm³/mol. The predicted octanol–water partition coefficient (Wildman–Crippen LogP) is 3.29. The second kappa shape index (κ2) is 9.03. The second-order valence-electron chi connectivity index (χ2n) is 9.28. The summed E-state index contributed by atoms with van der Waals surface area (Å²) in [7, 11) is -3.33. The highest BCUT2D eigenvalue weighted by atomic mass is 32.2. The number of Topliss-reactive ketones (excluding diaryl/α,β-unsaturated/α-hetero) is 1. The molecule has 2 aromatic rings. The fourth-order valence-corrected chi connectivity index (χ4v) is 5.68. The summed E-state index contributed by atoms with van der Waals surface area (Å²) in [6.07, 6.45) is 4.17. The van der Waals surface area contributed by atoms with E-state index in [1.807, 2.05) is 19.9 Å². The Morgan fingerprint density at radius 1 is 1.20 bits per heavy atom. The number of aliphatic carboxylic acids is 1. The summed E-state index contributed by atoms with van der Waals surface area (Å²) in [4.78, 5) is 36.7. The van der Waals surface area contributed by atoms with Crippen molar-refractivity contribution in [1.82, 2.24) is 14.9 Å². The number of ketones is 1. The largest absolute Gasteiger partial charge is 0.479 e. The first kappa shape index (κ1) is 24.8. The van der Waals surface area contributed by atoms with Crippen molar-refractivity contribution in [2.75, 3.05) is 5.75 Å². The van der Waals surface area contributed by atoms with Crippen molar-refractivity contribution >= 4 is 21.6 Å². The Morgan fingerprint density at radius 2 is 1.89 bits per heavy atom. The molecule has 1 aromatic heterocycles. The van der Waals surface area contributed by atoms with E-state index in [0.29, 0.717) is 35.6 Å². The minimum Gasteiger partial charge on any atom is -0.479 e. The molecule has 1 N–H and O–H groups in total. The van der Waals surface area contributed by atoms with Crippen LogP contribution in [0.2, 0.25) is 0 Å². The first-order chi connectivity index (χ1) is 16.5. The van der Waals surface area contributed by atoms with Crippen molar-refractivity contribution in [1.29, 1.82) is 0 Å². The number of sulfone groups is 1. The van der Waals surface area contributed by atoms with Gasteiger partial charge in [-0.15, -0.1) is 0 Å². The highest BCUT2D eigenvalue weighted by molar-refractivity contribution is 7.91. The molecule has 4 rings (SSSR count). The highest BCUT2D eigenvalue weighted by Crippen LogP contribution is 2.42. The number of aryl methyl sites for hydroxylation is 2. The van der Waals surface area contributed by atoms with Crippen LogP contribution in [0.5, 0.6) is 0 Å². The van der Waals surface area contributed by atoms with Gasteiger partial charge in [0.25, 0.3) is 0 Å². The van der Waals surface area contributed by atoms with E-state index in [9.17, 15) is 23.1 Å². The number of carboxylic acids is 1. The molecule has 1 aromatic carbocycles. The molecule has 184 valence electrons. The number of allylic oxidation sites excluding steroid dienone is 3. The molecule has 0 bridgehead atoms. The van der Waals surface area contributed by atoms with Crippen molar-refractivity contribution in [3.63, 3.8) is 0 Å². The number of aromatic nitrogens is 2. The zero-order valence-corrected chi connectivity index (χ0v) is 21.1. The number of rotatable bonds is 6. The summed E-state index contributed by atoms with van der Waals surface area (Å²) < 4.78 is 24.3. The lowest BCUT2D eigenvalue weighted by Crippen LogP contribution is -2.47. The van der Waals surface area contributed by atoms with Crippen LogP contribution in [-0.4, -0.2) is 51.9 Å². The van der Waals surface area contributed by atoms with Crippen LogP contribution in [-0.2, 0) is 31.4 Å². The van der Waals surface area contributed by atoms with Crippen LogP contribution in [0.1, 0.15) is 49.5 Å². The van der Waals surface area contributed by atoms with E-state index in [2.05, 4.69) is 9.97 Å². The summed E-state index contributed by atoms with van der Waals surface area (Å²) in [5.41, 5.74) is 2.58. The van der Waals surface area contributed by atoms with Gasteiger partial charge < -0.3 is 10.0 Å². The van der Waals surface area contributed by atoms with Crippen molar-refractivity contribution in [2.24, 2.45) is 0 Å². The van der Waals surface area contributed by atoms with Gasteiger partial charge in [-0.3, -0.25) is 4.79 Å². The Kier molecular flexibility index (Phi) is 6.40. The first-order valence-corrected chi connectivity index (χ1v) is 13.2. The molecule has 2 heterocycles. The zero-order chi connectivity index (χ0) is 25.5. The zero-order valence-electron chi connectivity index (χ0n) is 20.3. The Morgan fingerprint density at radius 3 is 2.49 bits per heavy atom. The lowest BCUT2D eigenvalue weighted by Gasteiger charge is -2.42. The van der Waals surface area contributed by atoms with E-state index < -0.39 is 27.3 Å². The summed E-state index contributed by atoms with van der Waals surface area (Å²) in [6, 6.07) is 7.40. The summed E-state index contributed by atoms with van der Waals surface area (Å²) in [5.74, 6) is -0.493. The fraction of sp³-hybridized carbons (Fsp3) is 0.385. The molecule has 9 heteroatoms. The second-order valence-corrected chi connectivity index (χ2v) is 11.6. The van der Waals surface area contributed by atoms with Gasteiger partial charge in [-0.05, 0) is 57.4 Å². The van der Waals surface area contributed by atoms with Crippen LogP contribution in [0, 0.1) is 13.8 Å². The van der Waals surface area contributed by atoms with Gasteiger partial charge in [0.05, 0.1) is 21.8 Å². The standard InChI is InChI=1S/C26H29N3O5S/c1-5-35(33,34)19-8-6-18(7-9-19)15-29-21-12-13-26(4,23-14-16(2)27-17(3)28-23)24(30)20(21)10-11-22(29)25(31)32/h6-11,14,22H,5,12-13,15H2,1-4H3,(H,31,32). The van der Waals surface area contributed by atoms with E-state index in [-0.39, 0.29) is 23.0 Å². The van der Waals surface area contributed by atoms with Gasteiger partial charge in [-0.2, -0.15) is 0 Å². The van der Waals surface area contributed by atoms with Crippen molar-refractivity contribution in [2.45, 2.75) is 63.4 Å². The van der Waals surface area contributed by atoms with Crippen molar-refractivity contribution in [3.05, 3.63) is 76.5 Å². The maximum atomic E-state index is 13.8. The molecular formula is C26H29N3O5S. The number of benzene rings is 1. The third-order valence-corrected chi connectivity index (χ3v) is 8.60. The van der Waals surface area contributed by atoms with E-state index in [0.717, 1.165) is 11.3 Å². The summed E-state index contributed by atoms with van der Waals surface area (Å²) in [6.45, 7) is 7.38. The van der Waals surface area contributed by atoms with Gasteiger partial charge in [-0.25, -0.2) is 23.2 Å². The lowest BCUT2D eigenvalue weighted by atomic mass is 9.69. The van der Waals surface area contributed by atoms with E-state index in [1.54, 1.807) is 49.1 Å². The van der Waals surface area contributed by atoms with Gasteiger partial charge in [-0.1, -0.05) is 31.2 Å². The van der Waals surface area contributed by atoms with Gasteiger partial charge in [0.2, 0.25) is 0 Å². The van der Waals surface area contributed by atoms with E-state index >= 15 is 0 Å². The normalized spacial score (nSPS) is 22.3. The monoisotopic (exact) mass is 495 g/mol. The third kappa shape index (κ3) is 4.52. The van der Waals surface area contributed by atoms with Crippen molar-refractivity contribution < 1.29 is 23.1 Å². The number of hydrogen-bond acceptors (Lipinski definition) is 7. The van der Waals surface area contributed by atoms with E-state index in [4.69, 9.17) is 0 Å². The van der Waals surface area contributed by atoms with Crippen LogP contribution in [0.25, 0.3) is 0 Å². The van der Waals surface area contributed by atoms with Crippen LogP contribution in [0.3, 0.4) is 0 Å². The lowest BCUT2D eigenvalue weighted by molar-refractivity contribution is -0.141. The van der Waals surface area contributed by atoms with Crippen LogP contribution >= 0.6 is 0 Å². The number of carbonyl (C=O) groups excluding carboxylic acids is 1. The molecule has 0 spiro atoms. The van der Waals surface area contributed by atoms with Crippen LogP contribution in [0.4, 0.5) is 0 Å². The number of carboxylic acid groups (broad SMARTS) is 1. The van der Waals surface area contributed by atoms with E-state index in [1.165, 1.54) is 6.08 Å². The van der Waals surface area contributed by atoms with Gasteiger partial charge in [0.1, 0.15) is 11.9 Å². The Labute approximate surface area is 205 Å². The Hall–Kier alpha value is -3.33. The SMILES string of the molecule is CCS(=O)(=O)c1ccc(CN2C3=C(C=CC2C(=O)O)C(=O)C(C)(c2cc(C)nc(C)n2)CC3)cc1. The average molecular weight is 496 g/mol. The molecule has 8 nitrogen and oxygen atoms in total. The summed E-state index contributed by atoms with van der Waals surface area (Å²) in [5, 5.41) is 9.87. The van der Waals surface area contributed by atoms with Gasteiger partial charge in [0.15, 0.2) is 15.6 Å². The van der Waals surface area contributed by atoms with Crippen LogP contribution in [0.15, 0.2) is 58.6 Å². The average Bonchev–Trinajstić information content (AvgIpc) is 2.81. The molecule has 1 aliphatic heterocycles. The van der Waals surface area contributed by atoms with Gasteiger partial charge >= 0.3 is 5.97 Å². The Bertz CT molecular complexity index is 1340. The molecule has 0 amide bonds. The van der Waals surface area contributed by atoms with Crippen molar-refractivity contribution in [3.8, 4) is 0 Å². The Balaban J connectivity index is 1.70. The first-order valence-electron chi connectivity index (χ1n) is 11.6. The highest BCUT2D eigenvalue weighted by Gasteiger charge is 2.45. The minimum absolute atomic E-state index is 0.00681. The summed E-state index contributed by atoms with van der Waals surface area (Å²) >= 11 is 0. The third-order valence-electron chi connectivity index (χ3n) is 6.85. The molecule has 2 atom stereocenters. The van der Waals surface area contributed by atoms with Gasteiger partial charge in [0, 0.05) is 23.5 Å². The topological polar surface area (TPSA) is 118 Å². The molecule has 2 aliphatic rings. The molecule has 0 saturated carbocycles. The quantitative estimate of drug-likeness (QED) is 0.649.